The molecule has 2 saturated heterocycles. The average Bonchev–Trinajstić information content (AvgIpc) is 3.01. The summed E-state index contributed by atoms with van der Waals surface area (Å²) in [5, 5.41) is 0. The maximum atomic E-state index is 13.2. The molecule has 0 bridgehead atoms. The van der Waals surface area contributed by atoms with Crippen LogP contribution in [0.1, 0.15) is 5.56 Å². The van der Waals surface area contributed by atoms with E-state index in [1.165, 1.54) is 29.2 Å². The third-order valence-electron chi connectivity index (χ3n) is 4.78. The van der Waals surface area contributed by atoms with Gasteiger partial charge in [0.25, 0.3) is 0 Å². The van der Waals surface area contributed by atoms with Crippen LogP contribution in [0.15, 0.2) is 54.6 Å². The molecule has 2 atom stereocenters. The second kappa shape index (κ2) is 5.84. The Morgan fingerprint density at radius 1 is 0.960 bits per heavy atom. The zero-order chi connectivity index (χ0) is 17.6. The first-order valence-corrected chi connectivity index (χ1v) is 9.86. The van der Waals surface area contributed by atoms with Crippen LogP contribution in [0.25, 0.3) is 0 Å². The van der Waals surface area contributed by atoms with Crippen molar-refractivity contribution in [2.24, 2.45) is 0 Å². The predicted octanol–water partition coefficient (Wildman–Crippen LogP) is 2.43. The summed E-state index contributed by atoms with van der Waals surface area (Å²) < 4.78 is 37.5. The van der Waals surface area contributed by atoms with E-state index in [-0.39, 0.29) is 23.6 Å². The third-order valence-corrected chi connectivity index (χ3v) is 6.48. The fourth-order valence-corrected chi connectivity index (χ4v) is 5.60. The van der Waals surface area contributed by atoms with E-state index in [9.17, 15) is 17.6 Å². The summed E-state index contributed by atoms with van der Waals surface area (Å²) in [6.07, 6.45) is 0. The normalized spacial score (nSPS) is 24.6. The Kier molecular flexibility index (Phi) is 3.76. The van der Waals surface area contributed by atoms with Crippen molar-refractivity contribution in [1.29, 1.82) is 0 Å². The number of halogens is 1. The molecule has 130 valence electrons. The number of fused-ring (bicyclic) bond motifs is 1. The number of rotatable bonds is 3. The van der Waals surface area contributed by atoms with Crippen molar-refractivity contribution in [3.05, 3.63) is 66.0 Å². The minimum absolute atomic E-state index is 0.0338. The van der Waals surface area contributed by atoms with Gasteiger partial charge in [0.05, 0.1) is 23.6 Å². The van der Waals surface area contributed by atoms with E-state index >= 15 is 0 Å². The summed E-state index contributed by atoms with van der Waals surface area (Å²) in [6.45, 7) is 0.355. The standard InChI is InChI=1S/C18H17FN2O3S/c19-14-6-8-15(9-7-14)21-17-12-25(23,24)11-16(17)20(18(21)22)10-13-4-2-1-3-5-13/h1-9,16-17H,10-12H2/t16-,17-/m1/s1. The molecule has 0 N–H and O–H groups in total. The number of carbonyl (C=O) groups excluding carboxylic acids is 1. The first-order valence-electron chi connectivity index (χ1n) is 8.04. The molecule has 0 aromatic heterocycles. The van der Waals surface area contributed by atoms with Crippen molar-refractivity contribution in [2.75, 3.05) is 16.4 Å². The number of sulfone groups is 1. The summed E-state index contributed by atoms with van der Waals surface area (Å²) in [5.41, 5.74) is 1.47. The average molecular weight is 360 g/mol. The highest BCUT2D eigenvalue weighted by Gasteiger charge is 2.53. The number of nitrogens with zero attached hydrogens (tertiary/aromatic N) is 2. The molecule has 2 aliphatic heterocycles. The zero-order valence-electron chi connectivity index (χ0n) is 13.4. The lowest BCUT2D eigenvalue weighted by Crippen LogP contribution is -2.37. The maximum Gasteiger partial charge on any atom is 0.325 e. The topological polar surface area (TPSA) is 57.7 Å². The van der Waals surface area contributed by atoms with Gasteiger partial charge in [0, 0.05) is 12.2 Å². The summed E-state index contributed by atoms with van der Waals surface area (Å²) >= 11 is 0. The highest BCUT2D eigenvalue weighted by molar-refractivity contribution is 7.91. The minimum atomic E-state index is -3.21. The van der Waals surface area contributed by atoms with Gasteiger partial charge >= 0.3 is 6.03 Å². The van der Waals surface area contributed by atoms with Crippen LogP contribution >= 0.6 is 0 Å². The van der Waals surface area contributed by atoms with E-state index < -0.39 is 21.7 Å². The Morgan fingerprint density at radius 3 is 2.28 bits per heavy atom. The van der Waals surface area contributed by atoms with Gasteiger partial charge < -0.3 is 4.90 Å². The molecule has 2 aliphatic rings. The molecule has 2 heterocycles. The molecule has 0 spiro atoms. The molecule has 2 aromatic carbocycles. The molecule has 0 saturated carbocycles. The molecule has 0 aliphatic carbocycles. The summed E-state index contributed by atoms with van der Waals surface area (Å²) in [4.78, 5) is 16.1. The van der Waals surface area contributed by atoms with Crippen LogP contribution in [0.4, 0.5) is 14.9 Å². The number of benzene rings is 2. The van der Waals surface area contributed by atoms with E-state index in [1.54, 1.807) is 4.90 Å². The van der Waals surface area contributed by atoms with Crippen molar-refractivity contribution in [1.82, 2.24) is 4.90 Å². The second-order valence-electron chi connectivity index (χ2n) is 6.45. The lowest BCUT2D eigenvalue weighted by molar-refractivity contribution is 0.206. The van der Waals surface area contributed by atoms with E-state index in [0.717, 1.165) is 5.56 Å². The quantitative estimate of drug-likeness (QED) is 0.790. The van der Waals surface area contributed by atoms with E-state index in [2.05, 4.69) is 0 Å². The van der Waals surface area contributed by atoms with Crippen LogP contribution in [0.2, 0.25) is 0 Å². The molecule has 0 radical (unpaired) electrons. The molecule has 25 heavy (non-hydrogen) atoms. The number of anilines is 1. The van der Waals surface area contributed by atoms with Crippen LogP contribution in [0.3, 0.4) is 0 Å². The van der Waals surface area contributed by atoms with Gasteiger partial charge in [0.15, 0.2) is 9.84 Å². The third kappa shape index (κ3) is 2.89. The summed E-state index contributed by atoms with van der Waals surface area (Å²) in [5.74, 6) is -0.493. The SMILES string of the molecule is O=C1N(Cc2ccccc2)[C@@H]2CS(=O)(=O)C[C@H]2N1c1ccc(F)cc1. The fourth-order valence-electron chi connectivity index (χ4n) is 3.65. The molecule has 5 nitrogen and oxygen atoms in total. The lowest BCUT2D eigenvalue weighted by atomic mass is 10.1. The van der Waals surface area contributed by atoms with Gasteiger partial charge in [-0.3, -0.25) is 4.90 Å². The first kappa shape index (κ1) is 16.1. The number of hydrogen-bond acceptors (Lipinski definition) is 3. The Bertz CT molecular complexity index is 900. The molecule has 4 rings (SSSR count). The zero-order valence-corrected chi connectivity index (χ0v) is 14.2. The van der Waals surface area contributed by atoms with Crippen LogP contribution in [-0.2, 0) is 16.4 Å². The fraction of sp³-hybridized carbons (Fsp3) is 0.278. The summed E-state index contributed by atoms with van der Waals surface area (Å²) in [6, 6.07) is 14.0. The molecular formula is C18H17FN2O3S. The maximum absolute atomic E-state index is 13.2. The number of urea groups is 1. The van der Waals surface area contributed by atoms with Crippen molar-refractivity contribution in [3.8, 4) is 0 Å². The highest BCUT2D eigenvalue weighted by atomic mass is 32.2. The second-order valence-corrected chi connectivity index (χ2v) is 8.61. The van der Waals surface area contributed by atoms with E-state index in [0.29, 0.717) is 12.2 Å². The lowest BCUT2D eigenvalue weighted by Gasteiger charge is -2.22. The Morgan fingerprint density at radius 2 is 1.60 bits per heavy atom. The number of amides is 2. The highest BCUT2D eigenvalue weighted by Crippen LogP contribution is 2.35. The Hall–Kier alpha value is -2.41. The van der Waals surface area contributed by atoms with Crippen molar-refractivity contribution >= 4 is 21.6 Å². The van der Waals surface area contributed by atoms with Gasteiger partial charge in [0.1, 0.15) is 5.82 Å². The Labute approximate surface area is 145 Å². The van der Waals surface area contributed by atoms with Gasteiger partial charge in [-0.1, -0.05) is 30.3 Å². The molecule has 2 amide bonds. The minimum Gasteiger partial charge on any atom is -0.314 e. The van der Waals surface area contributed by atoms with Crippen LogP contribution < -0.4 is 4.90 Å². The van der Waals surface area contributed by atoms with Gasteiger partial charge in [-0.05, 0) is 29.8 Å². The van der Waals surface area contributed by atoms with E-state index in [4.69, 9.17) is 0 Å². The summed E-state index contributed by atoms with van der Waals surface area (Å²) in [7, 11) is -3.21. The van der Waals surface area contributed by atoms with Crippen molar-refractivity contribution in [2.45, 2.75) is 18.6 Å². The van der Waals surface area contributed by atoms with Crippen molar-refractivity contribution in [3.63, 3.8) is 0 Å². The molecule has 7 heteroatoms. The number of carbonyl (C=O) groups is 1. The molecule has 2 fully saturated rings. The molecule has 2 aromatic rings. The smallest absolute Gasteiger partial charge is 0.314 e. The largest absolute Gasteiger partial charge is 0.325 e. The molecular weight excluding hydrogens is 343 g/mol. The first-order chi connectivity index (χ1) is 11.9. The van der Waals surface area contributed by atoms with Crippen LogP contribution in [0.5, 0.6) is 0 Å². The monoisotopic (exact) mass is 360 g/mol. The number of hydrogen-bond donors (Lipinski definition) is 0. The van der Waals surface area contributed by atoms with Crippen LogP contribution in [-0.4, -0.2) is 42.9 Å². The van der Waals surface area contributed by atoms with Gasteiger partial charge in [-0.15, -0.1) is 0 Å². The van der Waals surface area contributed by atoms with Crippen LogP contribution in [0, 0.1) is 5.82 Å². The predicted molar refractivity (Wildman–Crippen MR) is 92.5 cm³/mol. The van der Waals surface area contributed by atoms with Gasteiger partial charge in [-0.2, -0.15) is 0 Å². The van der Waals surface area contributed by atoms with Crippen molar-refractivity contribution < 1.29 is 17.6 Å². The molecule has 0 unspecified atom stereocenters. The van der Waals surface area contributed by atoms with E-state index in [1.807, 2.05) is 30.3 Å². The van der Waals surface area contributed by atoms with Gasteiger partial charge in [-0.25, -0.2) is 17.6 Å². The Balaban J connectivity index is 1.71. The van der Waals surface area contributed by atoms with Gasteiger partial charge in [0.2, 0.25) is 0 Å².